The number of fused-ring (bicyclic) bond motifs is 1. The standard InChI is InChI=1S/C25H32IN3O8/c26-10-12-36-14-16-37-15-13-35-11-3-1-2-7-20(30)27-18-6-4-5-17-22(18)25(34)29(24(17)33)19-8-9-21(31)28-23(19)32/h4-6,19H,1-3,7-16H2,(H,27,30)(H,28,31,32). The Balaban J connectivity index is 1.37. The van der Waals surface area contributed by atoms with E-state index >= 15 is 0 Å². The lowest BCUT2D eigenvalue weighted by molar-refractivity contribution is -0.136. The van der Waals surface area contributed by atoms with E-state index in [1.807, 2.05) is 0 Å². The van der Waals surface area contributed by atoms with E-state index in [4.69, 9.17) is 14.2 Å². The Morgan fingerprint density at radius 3 is 2.35 bits per heavy atom. The molecule has 202 valence electrons. The first kappa shape index (κ1) is 29.1. The first-order valence-corrected chi connectivity index (χ1v) is 13.9. The molecule has 1 saturated heterocycles. The number of anilines is 1. The van der Waals surface area contributed by atoms with Crippen molar-refractivity contribution >= 4 is 57.8 Å². The van der Waals surface area contributed by atoms with Gasteiger partial charge in [-0.25, -0.2) is 0 Å². The molecule has 1 atom stereocenters. The number of unbranched alkanes of at least 4 members (excludes halogenated alkanes) is 2. The number of hydrogen-bond acceptors (Lipinski definition) is 8. The summed E-state index contributed by atoms with van der Waals surface area (Å²) < 4.78 is 17.2. The smallest absolute Gasteiger partial charge is 0.264 e. The summed E-state index contributed by atoms with van der Waals surface area (Å²) in [6.07, 6.45) is 2.61. The van der Waals surface area contributed by atoms with E-state index in [9.17, 15) is 24.0 Å². The highest BCUT2D eigenvalue weighted by Gasteiger charge is 2.45. The van der Waals surface area contributed by atoms with Crippen LogP contribution in [0.5, 0.6) is 0 Å². The van der Waals surface area contributed by atoms with Gasteiger partial charge in [0.15, 0.2) is 0 Å². The van der Waals surface area contributed by atoms with Crippen LogP contribution in [0.15, 0.2) is 18.2 Å². The van der Waals surface area contributed by atoms with Crippen LogP contribution in [0.2, 0.25) is 0 Å². The molecule has 0 aromatic heterocycles. The first-order valence-electron chi connectivity index (χ1n) is 12.4. The maximum atomic E-state index is 13.1. The zero-order chi connectivity index (χ0) is 26.6. The van der Waals surface area contributed by atoms with Crippen molar-refractivity contribution in [1.29, 1.82) is 0 Å². The van der Waals surface area contributed by atoms with Crippen molar-refractivity contribution in [3.8, 4) is 0 Å². The second-order valence-corrected chi connectivity index (χ2v) is 9.64. The van der Waals surface area contributed by atoms with Crippen LogP contribution in [-0.4, -0.2) is 84.5 Å². The molecule has 2 aliphatic heterocycles. The monoisotopic (exact) mass is 629 g/mol. The number of alkyl halides is 1. The molecule has 3 rings (SSSR count). The van der Waals surface area contributed by atoms with Gasteiger partial charge >= 0.3 is 0 Å². The number of nitrogens with zero attached hydrogens (tertiary/aromatic N) is 1. The number of imide groups is 2. The number of nitrogens with one attached hydrogen (secondary N) is 2. The van der Waals surface area contributed by atoms with Crippen molar-refractivity contribution in [3.63, 3.8) is 0 Å². The van der Waals surface area contributed by atoms with Crippen molar-refractivity contribution in [3.05, 3.63) is 29.3 Å². The van der Waals surface area contributed by atoms with Gasteiger partial charge in [0.1, 0.15) is 6.04 Å². The summed E-state index contributed by atoms with van der Waals surface area (Å²) in [7, 11) is 0. The number of benzene rings is 1. The van der Waals surface area contributed by atoms with Crippen molar-refractivity contribution in [2.24, 2.45) is 0 Å². The largest absolute Gasteiger partial charge is 0.379 e. The predicted molar refractivity (Wildman–Crippen MR) is 142 cm³/mol. The van der Waals surface area contributed by atoms with Crippen molar-refractivity contribution in [2.75, 3.05) is 49.4 Å². The number of hydrogen-bond donors (Lipinski definition) is 2. The number of rotatable bonds is 16. The molecule has 0 aliphatic carbocycles. The third-order valence-electron chi connectivity index (χ3n) is 5.90. The molecule has 12 heteroatoms. The Hall–Kier alpha value is -2.42. The van der Waals surface area contributed by atoms with Crippen LogP contribution < -0.4 is 10.6 Å². The van der Waals surface area contributed by atoms with Crippen molar-refractivity contribution in [1.82, 2.24) is 10.2 Å². The summed E-state index contributed by atoms with van der Waals surface area (Å²) in [6.45, 7) is 3.46. The molecule has 2 aliphatic rings. The highest BCUT2D eigenvalue weighted by Crippen LogP contribution is 2.32. The number of piperidine rings is 1. The van der Waals surface area contributed by atoms with Crippen molar-refractivity contribution < 1.29 is 38.2 Å². The van der Waals surface area contributed by atoms with Gasteiger partial charge in [-0.2, -0.15) is 0 Å². The van der Waals surface area contributed by atoms with Gasteiger partial charge in [0, 0.05) is 23.9 Å². The van der Waals surface area contributed by atoms with Crippen LogP contribution in [0.3, 0.4) is 0 Å². The zero-order valence-corrected chi connectivity index (χ0v) is 22.8. The number of carbonyl (C=O) groups excluding carboxylic acids is 5. The minimum absolute atomic E-state index is 0.0422. The average molecular weight is 629 g/mol. The van der Waals surface area contributed by atoms with Crippen LogP contribution in [0, 0.1) is 0 Å². The summed E-state index contributed by atoms with van der Waals surface area (Å²) in [5.74, 6) is -2.65. The third-order valence-corrected chi connectivity index (χ3v) is 6.34. The number of halogens is 1. The minimum atomic E-state index is -1.05. The van der Waals surface area contributed by atoms with Gasteiger partial charge in [-0.1, -0.05) is 35.1 Å². The summed E-state index contributed by atoms with van der Waals surface area (Å²) in [6, 6.07) is 3.57. The van der Waals surface area contributed by atoms with Crippen LogP contribution in [0.25, 0.3) is 0 Å². The zero-order valence-electron chi connectivity index (χ0n) is 20.6. The lowest BCUT2D eigenvalue weighted by atomic mass is 10.0. The molecule has 1 aromatic carbocycles. The fourth-order valence-electron chi connectivity index (χ4n) is 4.09. The Morgan fingerprint density at radius 2 is 1.65 bits per heavy atom. The second-order valence-electron chi connectivity index (χ2n) is 8.56. The number of amides is 5. The molecule has 0 saturated carbocycles. The topological polar surface area (TPSA) is 140 Å². The Labute approximate surface area is 229 Å². The average Bonchev–Trinajstić information content (AvgIpc) is 3.12. The number of carbonyl (C=O) groups is 5. The molecule has 1 aromatic rings. The van der Waals surface area contributed by atoms with E-state index < -0.39 is 29.7 Å². The van der Waals surface area contributed by atoms with E-state index in [0.29, 0.717) is 39.5 Å². The molecule has 1 fully saturated rings. The predicted octanol–water partition coefficient (Wildman–Crippen LogP) is 2.07. The molecule has 11 nitrogen and oxygen atoms in total. The minimum Gasteiger partial charge on any atom is -0.379 e. The van der Waals surface area contributed by atoms with E-state index in [-0.39, 0.29) is 42.0 Å². The first-order chi connectivity index (χ1) is 17.9. The lowest BCUT2D eigenvalue weighted by Gasteiger charge is -2.27. The van der Waals surface area contributed by atoms with Crippen LogP contribution in [0.1, 0.15) is 59.2 Å². The summed E-state index contributed by atoms with van der Waals surface area (Å²) in [4.78, 5) is 63.0. The second kappa shape index (κ2) is 15.1. The Kier molecular flexibility index (Phi) is 11.9. The Bertz CT molecular complexity index is 1000. The molecular formula is C25H32IN3O8. The van der Waals surface area contributed by atoms with Gasteiger partial charge in [-0.15, -0.1) is 0 Å². The van der Waals surface area contributed by atoms with Crippen LogP contribution in [0.4, 0.5) is 5.69 Å². The fourth-order valence-corrected chi connectivity index (χ4v) is 4.41. The van der Waals surface area contributed by atoms with Gasteiger partial charge in [-0.3, -0.25) is 34.2 Å². The lowest BCUT2D eigenvalue weighted by Crippen LogP contribution is -2.54. The molecule has 2 N–H and O–H groups in total. The highest BCUT2D eigenvalue weighted by atomic mass is 127. The van der Waals surface area contributed by atoms with Gasteiger partial charge in [0.05, 0.1) is 49.8 Å². The molecule has 1 unspecified atom stereocenters. The third kappa shape index (κ3) is 8.28. The fraction of sp³-hybridized carbons (Fsp3) is 0.560. The maximum absolute atomic E-state index is 13.1. The SMILES string of the molecule is O=C1CCC(N2C(=O)c3cccc(NC(=O)CCCCCOCCOCCOCCI)c3C2=O)C(=O)N1. The molecule has 0 spiro atoms. The van der Waals surface area contributed by atoms with E-state index in [1.165, 1.54) is 6.07 Å². The van der Waals surface area contributed by atoms with Crippen LogP contribution in [-0.2, 0) is 28.6 Å². The molecule has 2 heterocycles. The molecular weight excluding hydrogens is 597 g/mol. The maximum Gasteiger partial charge on any atom is 0.264 e. The van der Waals surface area contributed by atoms with E-state index in [1.54, 1.807) is 12.1 Å². The molecule has 5 amide bonds. The van der Waals surface area contributed by atoms with E-state index in [0.717, 1.165) is 28.8 Å². The van der Waals surface area contributed by atoms with Gasteiger partial charge in [0.2, 0.25) is 17.7 Å². The summed E-state index contributed by atoms with van der Waals surface area (Å²) in [5, 5.41) is 4.89. The van der Waals surface area contributed by atoms with Gasteiger partial charge < -0.3 is 19.5 Å². The van der Waals surface area contributed by atoms with Gasteiger partial charge in [0.25, 0.3) is 11.8 Å². The Morgan fingerprint density at radius 1 is 0.946 bits per heavy atom. The van der Waals surface area contributed by atoms with Crippen molar-refractivity contribution in [2.45, 2.75) is 44.6 Å². The molecule has 0 bridgehead atoms. The molecule has 37 heavy (non-hydrogen) atoms. The normalized spacial score (nSPS) is 17.2. The van der Waals surface area contributed by atoms with Gasteiger partial charge in [-0.05, 0) is 31.4 Å². The summed E-state index contributed by atoms with van der Waals surface area (Å²) in [5.41, 5.74) is 0.429. The van der Waals surface area contributed by atoms with E-state index in [2.05, 4.69) is 33.2 Å². The molecule has 0 radical (unpaired) electrons. The number of ether oxygens (including phenoxy) is 3. The summed E-state index contributed by atoms with van der Waals surface area (Å²) >= 11 is 2.25. The highest BCUT2D eigenvalue weighted by molar-refractivity contribution is 14.1. The van der Waals surface area contributed by atoms with Crippen LogP contribution >= 0.6 is 22.6 Å². The quantitative estimate of drug-likeness (QED) is 0.123.